The average molecular weight is 535 g/mol. The number of aliphatic hydroxyl groups is 1. The molecule has 0 saturated heterocycles. The van der Waals surface area contributed by atoms with Crippen LogP contribution in [0.15, 0.2) is 78.1 Å². The van der Waals surface area contributed by atoms with E-state index in [2.05, 4.69) is 42.6 Å². The Morgan fingerprint density at radius 3 is 2.87 bits per heavy atom. The van der Waals surface area contributed by atoms with Gasteiger partial charge in [-0.2, -0.15) is 13.5 Å². The predicted molar refractivity (Wildman–Crippen MR) is 147 cm³/mol. The lowest BCUT2D eigenvalue weighted by atomic mass is 9.99. The molecule has 5 rings (SSSR count). The number of carbonyl (C=O) groups is 1. The van der Waals surface area contributed by atoms with Crippen LogP contribution in [0.25, 0.3) is 0 Å². The molecule has 4 heterocycles. The first-order chi connectivity index (χ1) is 18.1. The molecule has 4 aromatic rings. The summed E-state index contributed by atoms with van der Waals surface area (Å²) in [6.07, 6.45) is 8.13. The summed E-state index contributed by atoms with van der Waals surface area (Å²) < 4.78 is 11.0. The van der Waals surface area contributed by atoms with Gasteiger partial charge in [-0.1, -0.05) is 6.07 Å². The lowest BCUT2D eigenvalue weighted by Crippen LogP contribution is -2.42. The third-order valence-electron chi connectivity index (χ3n) is 6.06. The molecule has 3 aromatic heterocycles. The first-order valence-corrected chi connectivity index (χ1v) is 12.1. The molecule has 10 nitrogen and oxygen atoms in total. The van der Waals surface area contributed by atoms with Crippen molar-refractivity contribution in [3.05, 3.63) is 96.1 Å². The Hall–Kier alpha value is -3.93. The van der Waals surface area contributed by atoms with Gasteiger partial charge in [0.15, 0.2) is 12.2 Å². The van der Waals surface area contributed by atoms with Crippen LogP contribution in [0, 0.1) is 0 Å². The number of β-amino-alcohol motifs (C(OH)–C–C–N with tert-alkyl or cyclic N) is 1. The zero-order valence-corrected chi connectivity index (χ0v) is 21.7. The van der Waals surface area contributed by atoms with Crippen LogP contribution < -0.4 is 15.4 Å². The van der Waals surface area contributed by atoms with Crippen LogP contribution in [-0.2, 0) is 19.6 Å². The van der Waals surface area contributed by atoms with Crippen molar-refractivity contribution < 1.29 is 19.1 Å². The highest BCUT2D eigenvalue weighted by Crippen LogP contribution is 2.24. The lowest BCUT2D eigenvalue weighted by molar-refractivity contribution is 0.0841. The Morgan fingerprint density at radius 1 is 1.13 bits per heavy atom. The minimum atomic E-state index is -0.690. The molecule has 1 atom stereocenters. The summed E-state index contributed by atoms with van der Waals surface area (Å²) in [7, 11) is 0. The number of oxazole rings is 1. The van der Waals surface area contributed by atoms with Gasteiger partial charge in [0, 0.05) is 44.1 Å². The molecule has 38 heavy (non-hydrogen) atoms. The van der Waals surface area contributed by atoms with E-state index < -0.39 is 6.10 Å². The van der Waals surface area contributed by atoms with Crippen LogP contribution in [-0.4, -0.2) is 56.6 Å². The third kappa shape index (κ3) is 7.31. The minimum absolute atomic E-state index is 0. The fourth-order valence-corrected chi connectivity index (χ4v) is 4.20. The van der Waals surface area contributed by atoms with E-state index in [0.29, 0.717) is 30.3 Å². The molecule has 0 fully saturated rings. The number of fused-ring (bicyclic) bond motifs is 1. The second kappa shape index (κ2) is 13.0. The molecule has 198 valence electrons. The van der Waals surface area contributed by atoms with Gasteiger partial charge in [0.2, 0.25) is 0 Å². The van der Waals surface area contributed by atoms with E-state index in [4.69, 9.17) is 9.15 Å². The van der Waals surface area contributed by atoms with Crippen molar-refractivity contribution in [2.45, 2.75) is 25.7 Å². The number of hydrogen-bond donors (Lipinski definition) is 3. The summed E-state index contributed by atoms with van der Waals surface area (Å²) >= 11 is 0. The second-order valence-electron chi connectivity index (χ2n) is 8.83. The molecular weight excluding hydrogens is 504 g/mol. The molecule has 1 aliphatic rings. The van der Waals surface area contributed by atoms with Crippen molar-refractivity contribution in [1.82, 2.24) is 25.2 Å². The molecule has 0 bridgehead atoms. The Morgan fingerprint density at radius 2 is 2.05 bits per heavy atom. The van der Waals surface area contributed by atoms with Gasteiger partial charge in [0.05, 0.1) is 24.2 Å². The molecule has 0 saturated carbocycles. The number of ether oxygens (including phenoxy) is 1. The van der Waals surface area contributed by atoms with Gasteiger partial charge in [0.25, 0.3) is 5.91 Å². The highest BCUT2D eigenvalue weighted by molar-refractivity contribution is 7.59. The SMILES string of the molecule is O=C(NC[C@H](O)CN1CCc2cc(OCc3cnco3)ccc2C1)c1ccnc(Nc2cccnc2)c1.S. The van der Waals surface area contributed by atoms with Crippen LogP contribution in [0.2, 0.25) is 0 Å². The fraction of sp³-hybridized carbons (Fsp3) is 0.259. The van der Waals surface area contributed by atoms with Gasteiger partial charge in [-0.3, -0.25) is 14.7 Å². The predicted octanol–water partition coefficient (Wildman–Crippen LogP) is 3.05. The topological polar surface area (TPSA) is 126 Å². The molecular formula is C27H30N6O4S. The third-order valence-corrected chi connectivity index (χ3v) is 6.06. The summed E-state index contributed by atoms with van der Waals surface area (Å²) in [5, 5.41) is 16.5. The van der Waals surface area contributed by atoms with Gasteiger partial charge >= 0.3 is 0 Å². The van der Waals surface area contributed by atoms with Gasteiger partial charge in [0.1, 0.15) is 18.2 Å². The largest absolute Gasteiger partial charge is 0.486 e. The molecule has 0 unspecified atom stereocenters. The Kier molecular flexibility index (Phi) is 9.30. The highest BCUT2D eigenvalue weighted by Gasteiger charge is 2.20. The number of aromatic nitrogens is 3. The zero-order valence-electron chi connectivity index (χ0n) is 20.7. The monoisotopic (exact) mass is 534 g/mol. The van der Waals surface area contributed by atoms with Crippen molar-refractivity contribution in [3.8, 4) is 5.75 Å². The first-order valence-electron chi connectivity index (χ1n) is 12.1. The minimum Gasteiger partial charge on any atom is -0.486 e. The van der Waals surface area contributed by atoms with Gasteiger partial charge in [-0.15, -0.1) is 0 Å². The Balaban J connectivity index is 0.00000336. The van der Waals surface area contributed by atoms with Crippen molar-refractivity contribution in [1.29, 1.82) is 0 Å². The summed E-state index contributed by atoms with van der Waals surface area (Å²) in [4.78, 5) is 27.0. The van der Waals surface area contributed by atoms with E-state index in [1.807, 2.05) is 18.2 Å². The number of aliphatic hydroxyl groups excluding tert-OH is 1. The van der Waals surface area contributed by atoms with Crippen LogP contribution in [0.3, 0.4) is 0 Å². The standard InChI is InChI=1S/C27H28N6O4.H2S/c34-23(13-31-27(35)20-5-8-30-26(11-20)32-22-2-1-7-28-12-22)16-33-9-6-19-10-24(4-3-21(19)15-33)36-17-25-14-29-18-37-25;/h1-5,7-8,10-12,14,18,23,34H,6,9,13,15-17H2,(H,30,32)(H,31,35);1H2/t23-;/m0./s1. The van der Waals surface area contributed by atoms with Crippen LogP contribution in [0.4, 0.5) is 11.5 Å². The van der Waals surface area contributed by atoms with Gasteiger partial charge in [-0.25, -0.2) is 9.97 Å². The molecule has 1 aliphatic heterocycles. The number of anilines is 2. The van der Waals surface area contributed by atoms with Crippen LogP contribution >= 0.6 is 13.5 Å². The summed E-state index contributed by atoms with van der Waals surface area (Å²) in [6.45, 7) is 2.51. The number of rotatable bonds is 10. The molecule has 0 radical (unpaired) electrons. The molecule has 3 N–H and O–H groups in total. The van der Waals surface area contributed by atoms with Crippen molar-refractivity contribution in [2.24, 2.45) is 0 Å². The Labute approximate surface area is 227 Å². The number of nitrogens with one attached hydrogen (secondary N) is 2. The van der Waals surface area contributed by atoms with Crippen molar-refractivity contribution in [3.63, 3.8) is 0 Å². The Bertz CT molecular complexity index is 1320. The van der Waals surface area contributed by atoms with Crippen molar-refractivity contribution >= 4 is 30.9 Å². The van der Waals surface area contributed by atoms with E-state index in [9.17, 15) is 9.90 Å². The number of hydrogen-bond acceptors (Lipinski definition) is 9. The van der Waals surface area contributed by atoms with E-state index in [0.717, 1.165) is 30.9 Å². The maximum Gasteiger partial charge on any atom is 0.251 e. The smallest absolute Gasteiger partial charge is 0.251 e. The quantitative estimate of drug-likeness (QED) is 0.281. The average Bonchev–Trinajstić information content (AvgIpc) is 3.45. The van der Waals surface area contributed by atoms with Gasteiger partial charge in [-0.05, 0) is 53.9 Å². The number of amides is 1. The van der Waals surface area contributed by atoms with E-state index in [1.54, 1.807) is 36.9 Å². The first kappa shape index (κ1) is 27.1. The molecule has 11 heteroatoms. The number of pyridine rings is 2. The van der Waals surface area contributed by atoms with Crippen LogP contribution in [0.5, 0.6) is 5.75 Å². The van der Waals surface area contributed by atoms with E-state index in [-0.39, 0.29) is 25.9 Å². The maximum atomic E-state index is 12.6. The second-order valence-corrected chi connectivity index (χ2v) is 8.83. The lowest BCUT2D eigenvalue weighted by Gasteiger charge is -2.30. The highest BCUT2D eigenvalue weighted by atomic mass is 32.1. The van der Waals surface area contributed by atoms with Crippen molar-refractivity contribution in [2.75, 3.05) is 25.0 Å². The zero-order chi connectivity index (χ0) is 25.5. The number of carbonyl (C=O) groups excluding carboxylic acids is 1. The maximum absolute atomic E-state index is 12.6. The van der Waals surface area contributed by atoms with E-state index in [1.165, 1.54) is 17.5 Å². The van der Waals surface area contributed by atoms with E-state index >= 15 is 0 Å². The number of nitrogens with zero attached hydrogens (tertiary/aromatic N) is 4. The van der Waals surface area contributed by atoms with Crippen LogP contribution in [0.1, 0.15) is 27.2 Å². The molecule has 0 spiro atoms. The number of benzene rings is 1. The molecule has 1 aromatic carbocycles. The molecule has 0 aliphatic carbocycles. The fourth-order valence-electron chi connectivity index (χ4n) is 4.20. The molecule has 1 amide bonds. The summed E-state index contributed by atoms with van der Waals surface area (Å²) in [5.41, 5.74) is 3.69. The summed E-state index contributed by atoms with van der Waals surface area (Å²) in [6, 6.07) is 13.1. The van der Waals surface area contributed by atoms with Gasteiger partial charge < -0.3 is 24.9 Å². The normalized spacial score (nSPS) is 13.6. The summed E-state index contributed by atoms with van der Waals surface area (Å²) in [5.74, 6) is 1.74.